The number of carbonyl (C=O) groups excluding carboxylic acids is 3. The summed E-state index contributed by atoms with van der Waals surface area (Å²) < 4.78 is 40.6. The van der Waals surface area contributed by atoms with Crippen molar-refractivity contribution in [1.82, 2.24) is 15.5 Å². The summed E-state index contributed by atoms with van der Waals surface area (Å²) in [6.45, 7) is 1.71. The molecule has 3 aliphatic rings. The van der Waals surface area contributed by atoms with Crippen LogP contribution in [0, 0.1) is 11.2 Å². The second-order valence-electron chi connectivity index (χ2n) is 9.87. The van der Waals surface area contributed by atoms with Crippen molar-refractivity contribution in [1.29, 1.82) is 0 Å². The first-order valence-electron chi connectivity index (χ1n) is 11.5. The van der Waals surface area contributed by atoms with Crippen molar-refractivity contribution in [3.8, 4) is 0 Å². The normalized spacial score (nSPS) is 22.0. The van der Waals surface area contributed by atoms with Crippen LogP contribution in [0.4, 0.5) is 23.7 Å². The number of benzene rings is 1. The number of carbonyl (C=O) groups is 3. The number of halogens is 3. The van der Waals surface area contributed by atoms with E-state index in [1.165, 1.54) is 17.0 Å². The van der Waals surface area contributed by atoms with E-state index in [4.69, 9.17) is 5.73 Å². The van der Waals surface area contributed by atoms with Crippen LogP contribution in [-0.4, -0.2) is 60.0 Å². The van der Waals surface area contributed by atoms with Gasteiger partial charge in [0, 0.05) is 31.7 Å². The largest absolute Gasteiger partial charge is 0.336 e. The van der Waals surface area contributed by atoms with Gasteiger partial charge < -0.3 is 26.2 Å². The highest BCUT2D eigenvalue weighted by Crippen LogP contribution is 2.43. The average Bonchev–Trinajstić information content (AvgIpc) is 3.41. The van der Waals surface area contributed by atoms with Gasteiger partial charge in [-0.25, -0.2) is 18.0 Å². The molecule has 2 saturated heterocycles. The van der Waals surface area contributed by atoms with Crippen LogP contribution in [0.3, 0.4) is 0 Å². The molecule has 1 atom stereocenters. The summed E-state index contributed by atoms with van der Waals surface area (Å²) in [7, 11) is 0. The second kappa shape index (κ2) is 8.75. The van der Waals surface area contributed by atoms with E-state index in [0.717, 1.165) is 0 Å². The SMILES string of the molecule is CC(F)(F)C[C@H](NC(=O)N1CCC2(CC1)CCN(c1ccc(F)cc1)C2=O)C(=O)NC1(N)CC1. The van der Waals surface area contributed by atoms with Crippen molar-refractivity contribution in [2.75, 3.05) is 24.5 Å². The van der Waals surface area contributed by atoms with Gasteiger partial charge in [-0.15, -0.1) is 0 Å². The highest BCUT2D eigenvalue weighted by atomic mass is 19.3. The Hall–Kier alpha value is -2.82. The van der Waals surface area contributed by atoms with E-state index in [2.05, 4.69) is 10.6 Å². The first-order valence-corrected chi connectivity index (χ1v) is 11.5. The van der Waals surface area contributed by atoms with Gasteiger partial charge in [-0.2, -0.15) is 0 Å². The summed E-state index contributed by atoms with van der Waals surface area (Å²) in [5.74, 6) is -4.33. The molecule has 1 aliphatic carbocycles. The van der Waals surface area contributed by atoms with Crippen LogP contribution in [0.2, 0.25) is 0 Å². The van der Waals surface area contributed by atoms with Gasteiger partial charge in [0.1, 0.15) is 11.9 Å². The molecule has 11 heteroatoms. The van der Waals surface area contributed by atoms with Crippen LogP contribution in [0.5, 0.6) is 0 Å². The first-order chi connectivity index (χ1) is 15.9. The van der Waals surface area contributed by atoms with E-state index in [1.54, 1.807) is 17.0 Å². The van der Waals surface area contributed by atoms with E-state index in [-0.39, 0.29) is 24.8 Å². The summed E-state index contributed by atoms with van der Waals surface area (Å²) in [6, 6.07) is 3.70. The number of piperidine rings is 1. The fourth-order valence-electron chi connectivity index (χ4n) is 4.69. The second-order valence-corrected chi connectivity index (χ2v) is 9.87. The predicted octanol–water partition coefficient (Wildman–Crippen LogP) is 2.33. The molecule has 0 aromatic heterocycles. The van der Waals surface area contributed by atoms with Gasteiger partial charge in [0.15, 0.2) is 0 Å². The zero-order valence-electron chi connectivity index (χ0n) is 19.1. The molecule has 34 heavy (non-hydrogen) atoms. The smallest absolute Gasteiger partial charge is 0.318 e. The Morgan fingerprint density at radius 3 is 2.24 bits per heavy atom. The summed E-state index contributed by atoms with van der Waals surface area (Å²) in [5, 5.41) is 4.96. The number of rotatable bonds is 6. The molecular weight excluding hydrogens is 451 g/mol. The molecule has 1 aromatic rings. The Kier molecular flexibility index (Phi) is 6.26. The standard InChI is InChI=1S/C23H30F3N5O3/c1-21(25,26)14-17(18(32)29-23(27)6-7-23)28-20(34)30-11-8-22(9-12-30)10-13-31(19(22)33)16-4-2-15(24)3-5-16/h2-5,17H,6-14,27H2,1H3,(H,28,34)(H,29,32)/t17-/m0/s1. The maximum absolute atomic E-state index is 13.7. The van der Waals surface area contributed by atoms with Gasteiger partial charge in [0.25, 0.3) is 0 Å². The lowest BCUT2D eigenvalue weighted by Gasteiger charge is -2.38. The zero-order valence-corrected chi connectivity index (χ0v) is 19.1. The van der Waals surface area contributed by atoms with Gasteiger partial charge in [0.2, 0.25) is 17.7 Å². The monoisotopic (exact) mass is 481 g/mol. The third-order valence-electron chi connectivity index (χ3n) is 7.00. The zero-order chi connectivity index (χ0) is 24.7. The number of hydrogen-bond donors (Lipinski definition) is 3. The minimum absolute atomic E-state index is 0.0558. The van der Waals surface area contributed by atoms with Gasteiger partial charge in [-0.3, -0.25) is 9.59 Å². The van der Waals surface area contributed by atoms with Crippen molar-refractivity contribution in [2.24, 2.45) is 11.1 Å². The van der Waals surface area contributed by atoms with E-state index < -0.39 is 41.4 Å². The molecule has 4 rings (SSSR count). The van der Waals surface area contributed by atoms with Gasteiger partial charge in [-0.1, -0.05) is 0 Å². The third kappa shape index (κ3) is 5.29. The molecule has 2 heterocycles. The molecule has 4 amide bonds. The quantitative estimate of drug-likeness (QED) is 0.542. The van der Waals surface area contributed by atoms with E-state index >= 15 is 0 Å². The van der Waals surface area contributed by atoms with Gasteiger partial charge in [0.05, 0.1) is 11.1 Å². The van der Waals surface area contributed by atoms with Crippen molar-refractivity contribution < 1.29 is 27.6 Å². The van der Waals surface area contributed by atoms with E-state index in [9.17, 15) is 27.6 Å². The molecule has 1 spiro atoms. The Morgan fingerprint density at radius 2 is 1.68 bits per heavy atom. The number of nitrogens with two attached hydrogens (primary N) is 1. The summed E-state index contributed by atoms with van der Waals surface area (Å²) in [5.41, 5.74) is 4.99. The number of hydrogen-bond acceptors (Lipinski definition) is 4. The van der Waals surface area contributed by atoms with Crippen molar-refractivity contribution in [2.45, 2.75) is 63.1 Å². The first kappa shape index (κ1) is 24.3. The molecular formula is C23H30F3N5O3. The van der Waals surface area contributed by atoms with Crippen molar-refractivity contribution >= 4 is 23.5 Å². The topological polar surface area (TPSA) is 108 Å². The number of nitrogens with one attached hydrogen (secondary N) is 2. The molecule has 0 radical (unpaired) electrons. The Bertz CT molecular complexity index is 954. The van der Waals surface area contributed by atoms with Crippen LogP contribution in [0.1, 0.15) is 45.4 Å². The molecule has 4 N–H and O–H groups in total. The molecule has 2 aliphatic heterocycles. The lowest BCUT2D eigenvalue weighted by atomic mass is 9.77. The molecule has 0 bridgehead atoms. The van der Waals surface area contributed by atoms with Crippen LogP contribution in [0.25, 0.3) is 0 Å². The molecule has 0 unspecified atom stereocenters. The highest BCUT2D eigenvalue weighted by Gasteiger charge is 2.49. The minimum Gasteiger partial charge on any atom is -0.336 e. The van der Waals surface area contributed by atoms with Crippen LogP contribution in [0.15, 0.2) is 24.3 Å². The number of urea groups is 1. The van der Waals surface area contributed by atoms with Crippen LogP contribution < -0.4 is 21.3 Å². The highest BCUT2D eigenvalue weighted by molar-refractivity contribution is 6.00. The lowest BCUT2D eigenvalue weighted by molar-refractivity contribution is -0.127. The molecule has 1 saturated carbocycles. The third-order valence-corrected chi connectivity index (χ3v) is 7.00. The number of nitrogens with zero attached hydrogens (tertiary/aromatic N) is 2. The van der Waals surface area contributed by atoms with E-state index in [1.807, 2.05) is 0 Å². The minimum atomic E-state index is -3.16. The number of likely N-dealkylation sites (tertiary alicyclic amines) is 1. The number of amides is 4. The number of alkyl halides is 2. The summed E-state index contributed by atoms with van der Waals surface area (Å²) in [6.07, 6.45) is 1.72. The predicted molar refractivity (Wildman–Crippen MR) is 118 cm³/mol. The van der Waals surface area contributed by atoms with E-state index in [0.29, 0.717) is 51.3 Å². The molecule has 8 nitrogen and oxygen atoms in total. The van der Waals surface area contributed by atoms with Crippen LogP contribution >= 0.6 is 0 Å². The number of anilines is 1. The van der Waals surface area contributed by atoms with Gasteiger partial charge >= 0.3 is 6.03 Å². The maximum atomic E-state index is 13.7. The lowest BCUT2D eigenvalue weighted by Crippen LogP contribution is -2.58. The Morgan fingerprint density at radius 1 is 1.09 bits per heavy atom. The summed E-state index contributed by atoms with van der Waals surface area (Å²) in [4.78, 5) is 41.6. The van der Waals surface area contributed by atoms with Crippen LogP contribution in [-0.2, 0) is 9.59 Å². The fraction of sp³-hybridized carbons (Fsp3) is 0.609. The van der Waals surface area contributed by atoms with Crippen molar-refractivity contribution in [3.05, 3.63) is 30.1 Å². The average molecular weight is 482 g/mol. The summed E-state index contributed by atoms with van der Waals surface area (Å²) >= 11 is 0. The van der Waals surface area contributed by atoms with Crippen molar-refractivity contribution in [3.63, 3.8) is 0 Å². The fourth-order valence-corrected chi connectivity index (χ4v) is 4.69. The Balaban J connectivity index is 1.36. The maximum Gasteiger partial charge on any atom is 0.318 e. The van der Waals surface area contributed by atoms with Gasteiger partial charge in [-0.05, 0) is 63.3 Å². The molecule has 1 aromatic carbocycles. The molecule has 3 fully saturated rings. The molecule has 186 valence electrons. The Labute approximate surface area is 196 Å².